The van der Waals surface area contributed by atoms with Crippen molar-refractivity contribution in [3.8, 4) is 0 Å². The van der Waals surface area contributed by atoms with Crippen LogP contribution in [-0.2, 0) is 5.41 Å². The highest BCUT2D eigenvalue weighted by atomic mass is 79.9. The zero-order valence-corrected chi connectivity index (χ0v) is 10.1. The lowest BCUT2D eigenvalue weighted by atomic mass is 9.87. The maximum Gasteiger partial charge on any atom is 0.0409 e. The molecule has 2 heteroatoms. The Balaban J connectivity index is 2.59. The summed E-state index contributed by atoms with van der Waals surface area (Å²) in [6, 6.07) is 6.21. The van der Waals surface area contributed by atoms with Gasteiger partial charge in [0.1, 0.15) is 0 Å². The Morgan fingerprint density at radius 3 is 2.85 bits per heavy atom. The quantitative estimate of drug-likeness (QED) is 0.604. The molecule has 70 valence electrons. The zero-order valence-electron chi connectivity index (χ0n) is 7.77. The number of hydrogen-bond donors (Lipinski definition) is 0. The summed E-state index contributed by atoms with van der Waals surface area (Å²) in [4.78, 5) is 0.469. The number of halogens is 2. The van der Waals surface area contributed by atoms with E-state index in [-0.39, 0.29) is 5.41 Å². The minimum Gasteiger partial charge on any atom is -0.0843 e. The monoisotopic (exact) mass is 258 g/mol. The molecule has 0 saturated carbocycles. The Bertz CT molecular complexity index is 344. The van der Waals surface area contributed by atoms with E-state index in [1.54, 1.807) is 0 Å². The van der Waals surface area contributed by atoms with Gasteiger partial charge >= 0.3 is 0 Å². The van der Waals surface area contributed by atoms with Crippen molar-refractivity contribution in [2.45, 2.75) is 30.5 Å². The molecule has 0 amide bonds. The molecule has 0 radical (unpaired) electrons. The van der Waals surface area contributed by atoms with E-state index in [0.717, 1.165) is 11.4 Å². The molecule has 1 aromatic carbocycles. The lowest BCUT2D eigenvalue weighted by Crippen LogP contribution is -2.11. The lowest BCUT2D eigenvalue weighted by molar-refractivity contribution is 0.521. The van der Waals surface area contributed by atoms with Crippen molar-refractivity contribution in [1.29, 1.82) is 0 Å². The summed E-state index contributed by atoms with van der Waals surface area (Å²) in [5.74, 6) is 0. The van der Waals surface area contributed by atoms with Crippen LogP contribution in [0.4, 0.5) is 0 Å². The fourth-order valence-electron chi connectivity index (χ4n) is 2.08. The van der Waals surface area contributed by atoms with Gasteiger partial charge < -0.3 is 0 Å². The smallest absolute Gasteiger partial charge is 0.0409 e. The van der Waals surface area contributed by atoms with Crippen LogP contribution in [0, 0.1) is 0 Å². The molecule has 0 N–H and O–H groups in total. The number of alkyl halides is 1. The first-order chi connectivity index (χ1) is 6.00. The summed E-state index contributed by atoms with van der Waals surface area (Å²) in [6.07, 6.45) is 1.16. The van der Waals surface area contributed by atoms with Crippen LogP contribution >= 0.6 is 27.5 Å². The summed E-state index contributed by atoms with van der Waals surface area (Å²) < 4.78 is 0. The normalized spacial score (nSPS) is 24.5. The highest BCUT2D eigenvalue weighted by Crippen LogP contribution is 2.49. The third-order valence-corrected chi connectivity index (χ3v) is 3.82. The summed E-state index contributed by atoms with van der Waals surface area (Å²) in [7, 11) is 0. The molecule has 1 atom stereocenters. The van der Waals surface area contributed by atoms with E-state index in [2.05, 4.69) is 41.9 Å². The van der Waals surface area contributed by atoms with Crippen molar-refractivity contribution >= 4 is 27.5 Å². The lowest BCUT2D eigenvalue weighted by Gasteiger charge is -2.18. The number of rotatable bonds is 0. The fraction of sp³-hybridized carbons (Fsp3) is 0.455. The molecule has 1 aromatic rings. The zero-order chi connectivity index (χ0) is 9.64. The largest absolute Gasteiger partial charge is 0.0843 e. The molecule has 0 bridgehead atoms. The van der Waals surface area contributed by atoms with Crippen molar-refractivity contribution in [2.75, 3.05) is 0 Å². The Hall–Kier alpha value is -0.0100. The first-order valence-corrected chi connectivity index (χ1v) is 5.74. The van der Waals surface area contributed by atoms with E-state index in [9.17, 15) is 0 Å². The molecule has 1 aliphatic rings. The van der Waals surface area contributed by atoms with Crippen molar-refractivity contribution in [1.82, 2.24) is 0 Å². The Morgan fingerprint density at radius 1 is 1.46 bits per heavy atom. The third-order valence-electron chi connectivity index (χ3n) is 2.77. The van der Waals surface area contributed by atoms with Gasteiger partial charge in [0.15, 0.2) is 0 Å². The fourth-order valence-corrected chi connectivity index (χ4v) is 3.45. The van der Waals surface area contributed by atoms with Gasteiger partial charge in [0.25, 0.3) is 0 Å². The average molecular weight is 260 g/mol. The topological polar surface area (TPSA) is 0 Å². The van der Waals surface area contributed by atoms with Crippen LogP contribution in [0.3, 0.4) is 0 Å². The maximum absolute atomic E-state index is 5.96. The number of fused-ring (bicyclic) bond motifs is 1. The van der Waals surface area contributed by atoms with Gasteiger partial charge in [-0.2, -0.15) is 0 Å². The Labute approximate surface area is 92.4 Å². The molecule has 0 aromatic heterocycles. The van der Waals surface area contributed by atoms with Crippen molar-refractivity contribution in [2.24, 2.45) is 0 Å². The van der Waals surface area contributed by atoms with Crippen molar-refractivity contribution in [3.05, 3.63) is 34.3 Å². The molecule has 0 aliphatic heterocycles. The number of benzene rings is 1. The predicted octanol–water partition coefficient (Wildman–Crippen LogP) is 4.46. The molecular weight excluding hydrogens is 247 g/mol. The van der Waals surface area contributed by atoms with Gasteiger partial charge in [-0.15, -0.1) is 0 Å². The van der Waals surface area contributed by atoms with Gasteiger partial charge in [-0.3, -0.25) is 0 Å². The minimum atomic E-state index is 0.286. The van der Waals surface area contributed by atoms with Crippen LogP contribution in [0.5, 0.6) is 0 Å². The van der Waals surface area contributed by atoms with Gasteiger partial charge in [0.2, 0.25) is 0 Å². The van der Waals surface area contributed by atoms with E-state index in [4.69, 9.17) is 11.6 Å². The van der Waals surface area contributed by atoms with E-state index >= 15 is 0 Å². The Morgan fingerprint density at radius 2 is 2.15 bits per heavy atom. The standard InChI is InChI=1S/C11H12BrCl/c1-11(2)6-10(12)8-5-7(13)3-4-9(8)11/h3-5,10H,6H2,1-2H3. The summed E-state index contributed by atoms with van der Waals surface area (Å²) in [5.41, 5.74) is 3.07. The van der Waals surface area contributed by atoms with E-state index in [1.165, 1.54) is 11.1 Å². The highest BCUT2D eigenvalue weighted by Gasteiger charge is 2.35. The van der Waals surface area contributed by atoms with Crippen LogP contribution in [0.25, 0.3) is 0 Å². The summed E-state index contributed by atoms with van der Waals surface area (Å²) >= 11 is 9.65. The molecule has 2 rings (SSSR count). The van der Waals surface area contributed by atoms with Crippen molar-refractivity contribution < 1.29 is 0 Å². The average Bonchev–Trinajstić information content (AvgIpc) is 2.22. The Kier molecular flexibility index (Phi) is 2.20. The highest BCUT2D eigenvalue weighted by molar-refractivity contribution is 9.09. The molecule has 1 aliphatic carbocycles. The first kappa shape index (κ1) is 9.54. The van der Waals surface area contributed by atoms with Gasteiger partial charge in [0.05, 0.1) is 0 Å². The molecule has 0 fully saturated rings. The molecular formula is C11H12BrCl. The second-order valence-corrected chi connectivity index (χ2v) is 5.83. The van der Waals surface area contributed by atoms with Crippen molar-refractivity contribution in [3.63, 3.8) is 0 Å². The van der Waals surface area contributed by atoms with E-state index in [0.29, 0.717) is 4.83 Å². The van der Waals surface area contributed by atoms with Gasteiger partial charge in [-0.25, -0.2) is 0 Å². The van der Waals surface area contributed by atoms with E-state index in [1.807, 2.05) is 6.07 Å². The van der Waals surface area contributed by atoms with Gasteiger partial charge in [0, 0.05) is 9.85 Å². The van der Waals surface area contributed by atoms with Crippen LogP contribution < -0.4 is 0 Å². The molecule has 0 nitrogen and oxygen atoms in total. The predicted molar refractivity (Wildman–Crippen MR) is 60.8 cm³/mol. The molecule has 0 saturated heterocycles. The summed E-state index contributed by atoms with van der Waals surface area (Å²) in [5, 5.41) is 0.834. The SMILES string of the molecule is CC1(C)CC(Br)c2cc(Cl)ccc21. The molecule has 0 heterocycles. The minimum absolute atomic E-state index is 0.286. The van der Waals surface area contributed by atoms with Gasteiger partial charge in [-0.1, -0.05) is 47.4 Å². The van der Waals surface area contributed by atoms with E-state index < -0.39 is 0 Å². The first-order valence-electron chi connectivity index (χ1n) is 4.45. The third kappa shape index (κ3) is 1.53. The van der Waals surface area contributed by atoms with Crippen LogP contribution in [-0.4, -0.2) is 0 Å². The van der Waals surface area contributed by atoms with Gasteiger partial charge in [-0.05, 0) is 35.1 Å². The molecule has 1 unspecified atom stereocenters. The second kappa shape index (κ2) is 2.99. The second-order valence-electron chi connectivity index (χ2n) is 4.29. The van der Waals surface area contributed by atoms with Crippen LogP contribution in [0.2, 0.25) is 5.02 Å². The number of hydrogen-bond acceptors (Lipinski definition) is 0. The summed E-state index contributed by atoms with van der Waals surface area (Å²) in [6.45, 7) is 4.56. The van der Waals surface area contributed by atoms with Crippen LogP contribution in [0.15, 0.2) is 18.2 Å². The molecule has 0 spiro atoms. The molecule has 13 heavy (non-hydrogen) atoms. The van der Waals surface area contributed by atoms with Crippen LogP contribution in [0.1, 0.15) is 36.2 Å². The maximum atomic E-state index is 5.96.